The maximum absolute atomic E-state index is 5.75. The van der Waals surface area contributed by atoms with Crippen LogP contribution in [0.15, 0.2) is 53.3 Å². The lowest BCUT2D eigenvalue weighted by Gasteiger charge is -2.23. The standard InChI is InChI=1S/C22H28N4OS/c1-16(12-23-2)26-14-21-19(11-20(28-21)17-7-4-3-5-8-17)25-22(15-26)24-13-18-9-6-10-27-18/h3-5,7-8,11-12,18,23H,6,9-10,13-15H2,1-2H3,(H,24,25)/b16-12-. The number of hydrogen-bond donors (Lipinski definition) is 2. The van der Waals surface area contributed by atoms with Gasteiger partial charge in [-0.15, -0.1) is 11.3 Å². The van der Waals surface area contributed by atoms with Gasteiger partial charge < -0.3 is 20.3 Å². The summed E-state index contributed by atoms with van der Waals surface area (Å²) in [5.41, 5.74) is 3.64. The molecule has 1 aromatic carbocycles. The van der Waals surface area contributed by atoms with Crippen LogP contribution in [-0.2, 0) is 11.3 Å². The number of nitrogens with zero attached hydrogens (tertiary/aromatic N) is 2. The van der Waals surface area contributed by atoms with Crippen LogP contribution in [0.1, 0.15) is 24.6 Å². The number of allylic oxidation sites excluding steroid dienone is 1. The summed E-state index contributed by atoms with van der Waals surface area (Å²) < 4.78 is 5.75. The number of hydrogen-bond acceptors (Lipinski definition) is 5. The van der Waals surface area contributed by atoms with Gasteiger partial charge in [-0.05, 0) is 31.4 Å². The third kappa shape index (κ3) is 4.39. The molecule has 2 aromatic rings. The molecular weight excluding hydrogens is 368 g/mol. The Hall–Kier alpha value is -2.31. The van der Waals surface area contributed by atoms with Gasteiger partial charge in [0.25, 0.3) is 0 Å². The number of benzene rings is 1. The van der Waals surface area contributed by atoms with Crippen molar-refractivity contribution in [2.45, 2.75) is 32.4 Å². The van der Waals surface area contributed by atoms with Crippen molar-refractivity contribution >= 4 is 22.9 Å². The van der Waals surface area contributed by atoms with Crippen LogP contribution in [-0.4, -0.2) is 43.6 Å². The molecule has 0 spiro atoms. The Kier molecular flexibility index (Phi) is 5.98. The third-order valence-corrected chi connectivity index (χ3v) is 6.35. The average Bonchev–Trinajstić information content (AvgIpc) is 3.33. The fraction of sp³-hybridized carbons (Fsp3) is 0.409. The Morgan fingerprint density at radius 3 is 2.96 bits per heavy atom. The minimum absolute atomic E-state index is 0.266. The van der Waals surface area contributed by atoms with Gasteiger partial charge in [0, 0.05) is 35.3 Å². The van der Waals surface area contributed by atoms with Gasteiger partial charge in [-0.1, -0.05) is 30.3 Å². The smallest absolute Gasteiger partial charge is 0.121 e. The molecule has 0 aliphatic carbocycles. The number of aliphatic imine (C=N–C) groups is 1. The fourth-order valence-corrected chi connectivity index (χ4v) is 4.78. The molecule has 0 amide bonds. The first-order valence-electron chi connectivity index (χ1n) is 9.92. The predicted molar refractivity (Wildman–Crippen MR) is 118 cm³/mol. The second-order valence-corrected chi connectivity index (χ2v) is 8.43. The summed E-state index contributed by atoms with van der Waals surface area (Å²) in [7, 11) is 1.94. The van der Waals surface area contributed by atoms with E-state index in [1.165, 1.54) is 26.7 Å². The van der Waals surface area contributed by atoms with E-state index < -0.39 is 0 Å². The zero-order valence-corrected chi connectivity index (χ0v) is 17.4. The molecule has 5 nitrogen and oxygen atoms in total. The number of nitrogens with one attached hydrogen (secondary N) is 2. The van der Waals surface area contributed by atoms with Crippen molar-refractivity contribution in [3.8, 4) is 10.4 Å². The van der Waals surface area contributed by atoms with Gasteiger partial charge in [0.05, 0.1) is 31.4 Å². The number of ether oxygens (including phenoxy) is 1. The molecule has 2 N–H and O–H groups in total. The minimum Gasteiger partial charge on any atom is -0.393 e. The normalized spacial score (nSPS) is 21.4. The summed E-state index contributed by atoms with van der Waals surface area (Å²) in [6.45, 7) is 5.40. The monoisotopic (exact) mass is 396 g/mol. The van der Waals surface area contributed by atoms with Crippen molar-refractivity contribution in [1.29, 1.82) is 0 Å². The summed E-state index contributed by atoms with van der Waals surface area (Å²) >= 11 is 1.85. The molecule has 4 rings (SSSR count). The van der Waals surface area contributed by atoms with Gasteiger partial charge in [0.15, 0.2) is 0 Å². The number of thiophene rings is 1. The Balaban J connectivity index is 1.62. The van der Waals surface area contributed by atoms with Crippen LogP contribution in [0.4, 0.5) is 5.69 Å². The van der Waals surface area contributed by atoms with Crippen molar-refractivity contribution in [3.05, 3.63) is 53.2 Å². The number of fused-ring (bicyclic) bond motifs is 1. The highest BCUT2D eigenvalue weighted by molar-refractivity contribution is 7.16. The second-order valence-electron chi connectivity index (χ2n) is 7.29. The summed E-state index contributed by atoms with van der Waals surface area (Å²) in [6, 6.07) is 12.8. The van der Waals surface area contributed by atoms with Crippen molar-refractivity contribution in [2.24, 2.45) is 4.99 Å². The molecule has 3 heterocycles. The molecule has 1 aromatic heterocycles. The Morgan fingerprint density at radius 2 is 2.21 bits per heavy atom. The zero-order chi connectivity index (χ0) is 19.3. The van der Waals surface area contributed by atoms with E-state index in [-0.39, 0.29) is 6.10 Å². The fourth-order valence-electron chi connectivity index (χ4n) is 3.64. The Labute approximate surface area is 171 Å². The lowest BCUT2D eigenvalue weighted by molar-refractivity contribution is 0.118. The van der Waals surface area contributed by atoms with Crippen LogP contribution in [0.25, 0.3) is 10.4 Å². The van der Waals surface area contributed by atoms with Crippen molar-refractivity contribution in [2.75, 3.05) is 32.1 Å². The van der Waals surface area contributed by atoms with Crippen LogP contribution >= 0.6 is 11.3 Å². The minimum atomic E-state index is 0.266. The highest BCUT2D eigenvalue weighted by Crippen LogP contribution is 2.37. The van der Waals surface area contributed by atoms with E-state index in [1.807, 2.05) is 18.4 Å². The van der Waals surface area contributed by atoms with Crippen LogP contribution in [0.5, 0.6) is 0 Å². The quantitative estimate of drug-likeness (QED) is 0.791. The lowest BCUT2D eigenvalue weighted by atomic mass is 10.2. The molecule has 0 bridgehead atoms. The summed E-state index contributed by atoms with van der Waals surface area (Å²) in [4.78, 5) is 9.89. The van der Waals surface area contributed by atoms with Gasteiger partial charge in [-0.3, -0.25) is 4.99 Å². The van der Waals surface area contributed by atoms with Crippen LogP contribution < -0.4 is 10.6 Å². The molecule has 28 heavy (non-hydrogen) atoms. The topological polar surface area (TPSA) is 48.9 Å². The largest absolute Gasteiger partial charge is 0.393 e. The predicted octanol–water partition coefficient (Wildman–Crippen LogP) is 4.30. The van der Waals surface area contributed by atoms with E-state index in [4.69, 9.17) is 9.73 Å². The number of rotatable bonds is 5. The van der Waals surface area contributed by atoms with Crippen LogP contribution in [0, 0.1) is 0 Å². The van der Waals surface area contributed by atoms with Crippen molar-refractivity contribution in [3.63, 3.8) is 0 Å². The van der Waals surface area contributed by atoms with Gasteiger partial charge >= 0.3 is 0 Å². The first-order chi connectivity index (χ1) is 13.7. The maximum atomic E-state index is 5.75. The average molecular weight is 397 g/mol. The van der Waals surface area contributed by atoms with Crippen LogP contribution in [0.2, 0.25) is 0 Å². The van der Waals surface area contributed by atoms with Crippen LogP contribution in [0.3, 0.4) is 0 Å². The van der Waals surface area contributed by atoms with Gasteiger partial charge in [0.2, 0.25) is 0 Å². The Bertz CT molecular complexity index is 853. The van der Waals surface area contributed by atoms with Crippen molar-refractivity contribution < 1.29 is 4.74 Å². The lowest BCUT2D eigenvalue weighted by Crippen LogP contribution is -2.30. The SMILES string of the molecule is CN/C=C(/C)N1CC(=NCC2CCCO2)Nc2cc(-c3ccccc3)sc2C1. The van der Waals surface area contributed by atoms with Gasteiger partial charge in [0.1, 0.15) is 5.84 Å². The zero-order valence-electron chi connectivity index (χ0n) is 16.6. The molecule has 2 aliphatic heterocycles. The maximum Gasteiger partial charge on any atom is 0.121 e. The van der Waals surface area contributed by atoms with E-state index in [9.17, 15) is 0 Å². The molecule has 2 aliphatic rings. The molecular formula is C22H28N4OS. The molecule has 148 valence electrons. The molecule has 1 saturated heterocycles. The molecule has 6 heteroatoms. The summed E-state index contributed by atoms with van der Waals surface area (Å²) in [6.07, 6.45) is 4.57. The van der Waals surface area contributed by atoms with E-state index in [1.54, 1.807) is 0 Å². The van der Waals surface area contributed by atoms with Crippen molar-refractivity contribution in [1.82, 2.24) is 10.2 Å². The number of anilines is 1. The number of amidine groups is 1. The summed E-state index contributed by atoms with van der Waals surface area (Å²) in [5, 5.41) is 6.77. The Morgan fingerprint density at radius 1 is 1.36 bits per heavy atom. The van der Waals surface area contributed by atoms with Gasteiger partial charge in [-0.25, -0.2) is 0 Å². The molecule has 0 saturated carbocycles. The van der Waals surface area contributed by atoms with Gasteiger partial charge in [-0.2, -0.15) is 0 Å². The van der Waals surface area contributed by atoms with E-state index in [2.05, 4.69) is 65.1 Å². The molecule has 1 atom stereocenters. The molecule has 1 fully saturated rings. The first-order valence-corrected chi connectivity index (χ1v) is 10.7. The van der Waals surface area contributed by atoms with E-state index >= 15 is 0 Å². The second kappa shape index (κ2) is 8.80. The molecule has 1 unspecified atom stereocenters. The van der Waals surface area contributed by atoms with E-state index in [0.717, 1.165) is 44.9 Å². The van der Waals surface area contributed by atoms with E-state index in [0.29, 0.717) is 0 Å². The highest BCUT2D eigenvalue weighted by Gasteiger charge is 2.22. The highest BCUT2D eigenvalue weighted by atomic mass is 32.1. The third-order valence-electron chi connectivity index (χ3n) is 5.18. The summed E-state index contributed by atoms with van der Waals surface area (Å²) in [5.74, 6) is 1.01. The molecule has 0 radical (unpaired) electrons. The first kappa shape index (κ1) is 19.0.